The Morgan fingerprint density at radius 2 is 2.18 bits per heavy atom. The van der Waals surface area contributed by atoms with Crippen molar-refractivity contribution in [3.8, 4) is 0 Å². The molecule has 0 spiro atoms. The topological polar surface area (TPSA) is 87.5 Å². The van der Waals surface area contributed by atoms with Gasteiger partial charge in [-0.1, -0.05) is 0 Å². The Hall–Kier alpha value is -1.14. The van der Waals surface area contributed by atoms with E-state index in [1.54, 1.807) is 0 Å². The Labute approximate surface area is 102 Å². The maximum absolute atomic E-state index is 11.5. The molecule has 1 rings (SSSR count). The Morgan fingerprint density at radius 3 is 2.82 bits per heavy atom. The first-order valence-electron chi connectivity index (χ1n) is 6.09. The van der Waals surface area contributed by atoms with Crippen LogP contribution in [-0.2, 0) is 9.59 Å². The molecule has 1 saturated heterocycles. The van der Waals surface area contributed by atoms with Crippen molar-refractivity contribution in [3.05, 3.63) is 0 Å². The molecule has 0 aliphatic carbocycles. The van der Waals surface area contributed by atoms with Crippen LogP contribution in [0.2, 0.25) is 0 Å². The first kappa shape index (κ1) is 13.9. The molecule has 98 valence electrons. The molecule has 6 heteroatoms. The lowest BCUT2D eigenvalue weighted by Gasteiger charge is -2.31. The molecule has 1 aliphatic rings. The summed E-state index contributed by atoms with van der Waals surface area (Å²) in [5.41, 5.74) is 10.2. The van der Waals surface area contributed by atoms with Gasteiger partial charge in [-0.3, -0.25) is 25.3 Å². The third-order valence-corrected chi connectivity index (χ3v) is 2.92. The predicted octanol–water partition coefficient (Wildman–Crippen LogP) is -0.785. The normalized spacial score (nSPS) is 20.9. The molecule has 0 radical (unpaired) electrons. The molecule has 6 nitrogen and oxygen atoms in total. The lowest BCUT2D eigenvalue weighted by molar-refractivity contribution is -0.128. The highest BCUT2D eigenvalue weighted by Gasteiger charge is 2.20. The second kappa shape index (κ2) is 7.24. The second-order valence-electron chi connectivity index (χ2n) is 4.55. The average Bonchev–Trinajstić information content (AvgIpc) is 2.27. The van der Waals surface area contributed by atoms with E-state index in [9.17, 15) is 9.59 Å². The van der Waals surface area contributed by atoms with Crippen LogP contribution in [0.5, 0.6) is 0 Å². The number of carbonyl (C=O) groups is 2. The van der Waals surface area contributed by atoms with Crippen molar-refractivity contribution >= 4 is 11.8 Å². The largest absolute Gasteiger partial charge is 0.330 e. The zero-order valence-corrected chi connectivity index (χ0v) is 10.4. The second-order valence-corrected chi connectivity index (χ2v) is 4.55. The molecule has 0 saturated carbocycles. The number of nitrogens with one attached hydrogen (secondary N) is 2. The maximum atomic E-state index is 11.5. The number of nitrogens with two attached hydrogens (primary N) is 1. The van der Waals surface area contributed by atoms with Gasteiger partial charge in [0.05, 0.1) is 6.54 Å². The zero-order chi connectivity index (χ0) is 12.7. The molecule has 0 aromatic heterocycles. The molecule has 4 N–H and O–H groups in total. The van der Waals surface area contributed by atoms with E-state index in [-0.39, 0.29) is 11.8 Å². The van der Waals surface area contributed by atoms with E-state index in [0.29, 0.717) is 19.0 Å². The van der Waals surface area contributed by atoms with Crippen LogP contribution in [0.25, 0.3) is 0 Å². The van der Waals surface area contributed by atoms with Crippen LogP contribution in [0, 0.1) is 5.92 Å². The van der Waals surface area contributed by atoms with Gasteiger partial charge in [0.15, 0.2) is 0 Å². The van der Waals surface area contributed by atoms with Crippen molar-refractivity contribution in [1.29, 1.82) is 0 Å². The van der Waals surface area contributed by atoms with E-state index in [1.807, 2.05) is 0 Å². The third kappa shape index (κ3) is 5.65. The highest BCUT2D eigenvalue weighted by atomic mass is 16.2. The van der Waals surface area contributed by atoms with Gasteiger partial charge < -0.3 is 5.73 Å². The summed E-state index contributed by atoms with van der Waals surface area (Å²) in [5, 5.41) is 0. The van der Waals surface area contributed by atoms with Crippen LogP contribution in [0.4, 0.5) is 0 Å². The number of hydrazine groups is 1. The lowest BCUT2D eigenvalue weighted by atomic mass is 9.95. The number of hydrogen-bond acceptors (Lipinski definition) is 4. The summed E-state index contributed by atoms with van der Waals surface area (Å²) in [6.45, 7) is 4.26. The number of piperidine rings is 1. The molecule has 0 aromatic carbocycles. The molecular weight excluding hydrogens is 220 g/mol. The van der Waals surface area contributed by atoms with E-state index in [4.69, 9.17) is 5.73 Å². The predicted molar refractivity (Wildman–Crippen MR) is 64.8 cm³/mol. The summed E-state index contributed by atoms with van der Waals surface area (Å²) in [6, 6.07) is 0. The highest BCUT2D eigenvalue weighted by Crippen LogP contribution is 2.18. The Kier molecular flexibility index (Phi) is 5.93. The molecule has 1 heterocycles. The lowest BCUT2D eigenvalue weighted by Crippen LogP contribution is -2.47. The monoisotopic (exact) mass is 242 g/mol. The first-order chi connectivity index (χ1) is 8.11. The fourth-order valence-corrected chi connectivity index (χ4v) is 2.17. The van der Waals surface area contributed by atoms with E-state index in [0.717, 1.165) is 25.9 Å². The van der Waals surface area contributed by atoms with Crippen molar-refractivity contribution in [1.82, 2.24) is 15.8 Å². The molecule has 1 unspecified atom stereocenters. The molecule has 1 atom stereocenters. The Morgan fingerprint density at radius 1 is 1.41 bits per heavy atom. The van der Waals surface area contributed by atoms with Gasteiger partial charge in [0.25, 0.3) is 5.91 Å². The molecule has 17 heavy (non-hydrogen) atoms. The van der Waals surface area contributed by atoms with E-state index in [2.05, 4.69) is 15.8 Å². The van der Waals surface area contributed by atoms with Crippen LogP contribution >= 0.6 is 0 Å². The van der Waals surface area contributed by atoms with E-state index < -0.39 is 0 Å². The summed E-state index contributed by atoms with van der Waals surface area (Å²) < 4.78 is 0. The van der Waals surface area contributed by atoms with Crippen molar-refractivity contribution < 1.29 is 9.59 Å². The minimum atomic E-state index is -0.266. The number of nitrogens with zero attached hydrogens (tertiary/aromatic N) is 1. The van der Waals surface area contributed by atoms with Crippen LogP contribution in [0.3, 0.4) is 0 Å². The summed E-state index contributed by atoms with van der Waals surface area (Å²) in [7, 11) is 0. The highest BCUT2D eigenvalue weighted by molar-refractivity contribution is 5.81. The van der Waals surface area contributed by atoms with Gasteiger partial charge in [-0.25, -0.2) is 0 Å². The number of hydrogen-bond donors (Lipinski definition) is 3. The molecule has 0 bridgehead atoms. The smallest absolute Gasteiger partial charge is 0.252 e. The summed E-state index contributed by atoms with van der Waals surface area (Å²) >= 11 is 0. The van der Waals surface area contributed by atoms with Gasteiger partial charge in [0.2, 0.25) is 5.91 Å². The summed E-state index contributed by atoms with van der Waals surface area (Å²) in [5.74, 6) is 0.161. The Bertz CT molecular complexity index is 268. The van der Waals surface area contributed by atoms with Crippen molar-refractivity contribution in [2.24, 2.45) is 11.7 Å². The summed E-state index contributed by atoms with van der Waals surface area (Å²) in [4.78, 5) is 24.2. The average molecular weight is 242 g/mol. The van der Waals surface area contributed by atoms with Gasteiger partial charge in [-0.05, 0) is 38.3 Å². The molecule has 1 fully saturated rings. The minimum absolute atomic E-state index is 0.173. The molecule has 1 aliphatic heterocycles. The SMILES string of the molecule is CC(=O)NNC(=O)CN1CCCC(CCN)C1. The maximum Gasteiger partial charge on any atom is 0.252 e. The van der Waals surface area contributed by atoms with Crippen molar-refractivity contribution in [2.75, 3.05) is 26.2 Å². The minimum Gasteiger partial charge on any atom is -0.330 e. The van der Waals surface area contributed by atoms with Gasteiger partial charge in [-0.2, -0.15) is 0 Å². The van der Waals surface area contributed by atoms with Crippen molar-refractivity contribution in [3.63, 3.8) is 0 Å². The van der Waals surface area contributed by atoms with Crippen LogP contribution in [0.15, 0.2) is 0 Å². The summed E-state index contributed by atoms with van der Waals surface area (Å²) in [6.07, 6.45) is 3.32. The molecule has 2 amide bonds. The number of likely N-dealkylation sites (tertiary alicyclic amines) is 1. The quantitative estimate of drug-likeness (QED) is 0.564. The van der Waals surface area contributed by atoms with E-state index >= 15 is 0 Å². The number of carbonyl (C=O) groups excluding carboxylic acids is 2. The van der Waals surface area contributed by atoms with Crippen LogP contribution in [0.1, 0.15) is 26.2 Å². The van der Waals surface area contributed by atoms with Gasteiger partial charge in [-0.15, -0.1) is 0 Å². The third-order valence-electron chi connectivity index (χ3n) is 2.92. The zero-order valence-electron chi connectivity index (χ0n) is 10.4. The van der Waals surface area contributed by atoms with Gasteiger partial charge in [0.1, 0.15) is 0 Å². The molecule has 0 aromatic rings. The van der Waals surface area contributed by atoms with Gasteiger partial charge in [0, 0.05) is 13.5 Å². The number of amides is 2. The fourth-order valence-electron chi connectivity index (χ4n) is 2.17. The fraction of sp³-hybridized carbons (Fsp3) is 0.818. The Balaban J connectivity index is 2.25. The van der Waals surface area contributed by atoms with Gasteiger partial charge >= 0.3 is 0 Å². The van der Waals surface area contributed by atoms with Crippen molar-refractivity contribution in [2.45, 2.75) is 26.2 Å². The first-order valence-corrected chi connectivity index (χ1v) is 6.09. The van der Waals surface area contributed by atoms with Crippen LogP contribution in [-0.4, -0.2) is 42.9 Å². The van der Waals surface area contributed by atoms with E-state index in [1.165, 1.54) is 13.3 Å². The molecular formula is C11H22N4O2. The number of rotatable bonds is 4. The van der Waals surface area contributed by atoms with Crippen LogP contribution < -0.4 is 16.6 Å². The standard InChI is InChI=1S/C11H22N4O2/c1-9(16)13-14-11(17)8-15-6-2-3-10(7-15)4-5-12/h10H,2-8,12H2,1H3,(H,13,16)(H,14,17).